The average Bonchev–Trinajstić information content (AvgIpc) is 2.34. The average molecular weight is 372 g/mol. The summed E-state index contributed by atoms with van der Waals surface area (Å²) in [6.45, 7) is 0. The van der Waals surface area contributed by atoms with Gasteiger partial charge >= 0.3 is 5.97 Å². The highest BCUT2D eigenvalue weighted by atomic mass is 127. The summed E-state index contributed by atoms with van der Waals surface area (Å²) in [6, 6.07) is 12.5. The second-order valence-electron chi connectivity index (χ2n) is 3.54. The molecule has 92 valence electrons. The molecule has 0 atom stereocenters. The largest absolute Gasteiger partial charge is 0.507 e. The zero-order chi connectivity index (χ0) is 13.1. The number of carbonyl (C=O) groups is 1. The molecule has 5 heteroatoms. The first-order valence-electron chi connectivity index (χ1n) is 5.06. The first-order chi connectivity index (χ1) is 8.56. The van der Waals surface area contributed by atoms with Gasteiger partial charge in [0.15, 0.2) is 0 Å². The Labute approximate surface area is 122 Å². The van der Waals surface area contributed by atoms with Gasteiger partial charge < -0.3 is 10.2 Å². The highest BCUT2D eigenvalue weighted by Gasteiger charge is 2.10. The fourth-order valence-electron chi connectivity index (χ4n) is 1.39. The molecular weight excluding hydrogens is 363 g/mol. The fraction of sp³-hybridized carbons (Fsp3) is 0. The number of rotatable bonds is 3. The van der Waals surface area contributed by atoms with Crippen LogP contribution in [0.4, 0.5) is 0 Å². The van der Waals surface area contributed by atoms with Crippen molar-refractivity contribution in [1.29, 1.82) is 0 Å². The lowest BCUT2D eigenvalue weighted by Gasteiger charge is -2.04. The Balaban J connectivity index is 2.27. The number of carboxylic acids is 1. The van der Waals surface area contributed by atoms with E-state index in [-0.39, 0.29) is 11.3 Å². The zero-order valence-electron chi connectivity index (χ0n) is 9.13. The van der Waals surface area contributed by atoms with Crippen LogP contribution in [-0.4, -0.2) is 16.2 Å². The number of phenols is 1. The molecule has 0 radical (unpaired) electrons. The van der Waals surface area contributed by atoms with Gasteiger partial charge in [-0.25, -0.2) is 4.79 Å². The first kappa shape index (κ1) is 13.2. The molecule has 2 aromatic carbocycles. The van der Waals surface area contributed by atoms with E-state index in [0.29, 0.717) is 0 Å². The van der Waals surface area contributed by atoms with Gasteiger partial charge in [0.25, 0.3) is 0 Å². The maximum absolute atomic E-state index is 10.9. The molecule has 18 heavy (non-hydrogen) atoms. The van der Waals surface area contributed by atoms with Gasteiger partial charge in [-0.3, -0.25) is 0 Å². The summed E-state index contributed by atoms with van der Waals surface area (Å²) >= 11 is 3.68. The van der Waals surface area contributed by atoms with E-state index < -0.39 is 5.97 Å². The van der Waals surface area contributed by atoms with Crippen molar-refractivity contribution in [3.8, 4) is 5.75 Å². The molecule has 0 aromatic heterocycles. The van der Waals surface area contributed by atoms with Crippen molar-refractivity contribution in [2.75, 3.05) is 0 Å². The zero-order valence-corrected chi connectivity index (χ0v) is 12.1. The molecule has 0 bridgehead atoms. The highest BCUT2D eigenvalue weighted by Crippen LogP contribution is 2.31. The SMILES string of the molecule is O=C(O)c1cc(Sc2ccc(I)cc2)ccc1O. The lowest BCUT2D eigenvalue weighted by atomic mass is 10.2. The van der Waals surface area contributed by atoms with Gasteiger partial charge in [0.05, 0.1) is 0 Å². The molecule has 0 aliphatic carbocycles. The topological polar surface area (TPSA) is 57.5 Å². The van der Waals surface area contributed by atoms with Crippen LogP contribution in [0.3, 0.4) is 0 Å². The number of carboxylic acid groups (broad SMARTS) is 1. The van der Waals surface area contributed by atoms with Crippen LogP contribution < -0.4 is 0 Å². The molecule has 0 unspecified atom stereocenters. The molecule has 0 saturated heterocycles. The monoisotopic (exact) mass is 372 g/mol. The molecule has 0 heterocycles. The Hall–Kier alpha value is -1.21. The maximum atomic E-state index is 10.9. The second-order valence-corrected chi connectivity index (χ2v) is 5.93. The van der Waals surface area contributed by atoms with Crippen LogP contribution >= 0.6 is 34.4 Å². The molecule has 0 fully saturated rings. The van der Waals surface area contributed by atoms with Crippen LogP contribution in [-0.2, 0) is 0 Å². The van der Waals surface area contributed by atoms with Crippen molar-refractivity contribution < 1.29 is 15.0 Å². The summed E-state index contributed by atoms with van der Waals surface area (Å²) in [5, 5.41) is 18.3. The molecule has 0 aliphatic heterocycles. The van der Waals surface area contributed by atoms with Crippen molar-refractivity contribution in [2.24, 2.45) is 0 Å². The smallest absolute Gasteiger partial charge is 0.339 e. The van der Waals surface area contributed by atoms with E-state index in [1.54, 1.807) is 6.07 Å². The molecule has 0 saturated carbocycles. The summed E-state index contributed by atoms with van der Waals surface area (Å²) in [5.74, 6) is -1.34. The van der Waals surface area contributed by atoms with E-state index in [9.17, 15) is 9.90 Å². The number of aromatic carboxylic acids is 1. The molecule has 0 aliphatic rings. The van der Waals surface area contributed by atoms with E-state index in [2.05, 4.69) is 22.6 Å². The van der Waals surface area contributed by atoms with Crippen molar-refractivity contribution >= 4 is 40.3 Å². The van der Waals surface area contributed by atoms with Gasteiger partial charge in [-0.1, -0.05) is 11.8 Å². The van der Waals surface area contributed by atoms with Crippen LogP contribution in [0, 0.1) is 3.57 Å². The van der Waals surface area contributed by atoms with Gasteiger partial charge in [-0.05, 0) is 65.1 Å². The predicted molar refractivity (Wildman–Crippen MR) is 78.3 cm³/mol. The Bertz CT molecular complexity index is 581. The third kappa shape index (κ3) is 3.17. The van der Waals surface area contributed by atoms with E-state index in [1.807, 2.05) is 24.3 Å². The standard InChI is InChI=1S/C13H9IO3S/c14-8-1-3-9(4-2-8)18-10-5-6-12(15)11(7-10)13(16)17/h1-7,15H,(H,16,17). The lowest BCUT2D eigenvalue weighted by Crippen LogP contribution is -1.96. The number of benzene rings is 2. The Kier molecular flexibility index (Phi) is 4.13. The normalized spacial score (nSPS) is 10.3. The second kappa shape index (κ2) is 5.62. The minimum absolute atomic E-state index is 0.0782. The molecule has 2 aromatic rings. The molecule has 2 rings (SSSR count). The van der Waals surface area contributed by atoms with Gasteiger partial charge in [0.1, 0.15) is 11.3 Å². The quantitative estimate of drug-likeness (QED) is 0.804. The van der Waals surface area contributed by atoms with Gasteiger partial charge in [-0.15, -0.1) is 0 Å². The van der Waals surface area contributed by atoms with E-state index in [4.69, 9.17) is 5.11 Å². The number of aromatic hydroxyl groups is 1. The Morgan fingerprint density at radius 2 is 1.67 bits per heavy atom. The van der Waals surface area contributed by atoms with Crippen molar-refractivity contribution in [3.05, 3.63) is 51.6 Å². The van der Waals surface area contributed by atoms with Gasteiger partial charge in [0.2, 0.25) is 0 Å². The number of halogens is 1. The molecule has 0 spiro atoms. The van der Waals surface area contributed by atoms with Crippen LogP contribution in [0.2, 0.25) is 0 Å². The van der Waals surface area contributed by atoms with Crippen LogP contribution in [0.25, 0.3) is 0 Å². The van der Waals surface area contributed by atoms with E-state index >= 15 is 0 Å². The van der Waals surface area contributed by atoms with Gasteiger partial charge in [0, 0.05) is 13.4 Å². The summed E-state index contributed by atoms with van der Waals surface area (Å²) in [6.07, 6.45) is 0. The predicted octanol–water partition coefficient (Wildman–Crippen LogP) is 3.85. The lowest BCUT2D eigenvalue weighted by molar-refractivity contribution is 0.0693. The van der Waals surface area contributed by atoms with Gasteiger partial charge in [-0.2, -0.15) is 0 Å². The molecule has 3 nitrogen and oxygen atoms in total. The highest BCUT2D eigenvalue weighted by molar-refractivity contribution is 14.1. The van der Waals surface area contributed by atoms with Crippen molar-refractivity contribution in [2.45, 2.75) is 9.79 Å². The number of hydrogen-bond acceptors (Lipinski definition) is 3. The number of hydrogen-bond donors (Lipinski definition) is 2. The third-order valence-electron chi connectivity index (χ3n) is 2.25. The minimum atomic E-state index is -1.13. The summed E-state index contributed by atoms with van der Waals surface area (Å²) in [7, 11) is 0. The molecule has 0 amide bonds. The van der Waals surface area contributed by atoms with Crippen LogP contribution in [0.15, 0.2) is 52.3 Å². The summed E-state index contributed by atoms with van der Waals surface area (Å²) in [5.41, 5.74) is -0.0782. The van der Waals surface area contributed by atoms with Crippen molar-refractivity contribution in [3.63, 3.8) is 0 Å². The summed E-state index contributed by atoms with van der Waals surface area (Å²) < 4.78 is 1.15. The third-order valence-corrected chi connectivity index (χ3v) is 3.96. The molecule has 2 N–H and O–H groups in total. The van der Waals surface area contributed by atoms with Crippen molar-refractivity contribution in [1.82, 2.24) is 0 Å². The van der Waals surface area contributed by atoms with E-state index in [0.717, 1.165) is 13.4 Å². The first-order valence-corrected chi connectivity index (χ1v) is 6.95. The van der Waals surface area contributed by atoms with Crippen LogP contribution in [0.1, 0.15) is 10.4 Å². The molecular formula is C13H9IO3S. The maximum Gasteiger partial charge on any atom is 0.339 e. The van der Waals surface area contributed by atoms with Crippen LogP contribution in [0.5, 0.6) is 5.75 Å². The Morgan fingerprint density at radius 1 is 1.06 bits per heavy atom. The minimum Gasteiger partial charge on any atom is -0.507 e. The Morgan fingerprint density at radius 3 is 2.28 bits per heavy atom. The summed E-state index contributed by atoms with van der Waals surface area (Å²) in [4.78, 5) is 12.7. The fourth-order valence-corrected chi connectivity index (χ4v) is 2.61. The van der Waals surface area contributed by atoms with E-state index in [1.165, 1.54) is 23.9 Å².